The van der Waals surface area contributed by atoms with Gasteiger partial charge in [0.15, 0.2) is 11.2 Å². The molecule has 0 radical (unpaired) electrons. The number of amides is 4. The highest BCUT2D eigenvalue weighted by Gasteiger charge is 2.51. The number of rotatable bonds is 10. The Labute approximate surface area is 378 Å². The predicted octanol–water partition coefficient (Wildman–Crippen LogP) is 9.06. The number of hydrogen-bond donors (Lipinski definition) is 3. The van der Waals surface area contributed by atoms with E-state index in [1.807, 2.05) is 92.6 Å². The molecule has 346 valence electrons. The molecule has 0 fully saturated rings. The molecular weight excluding hydrogens is 811 g/mol. The second kappa shape index (κ2) is 17.3. The quantitative estimate of drug-likeness (QED) is 0.140. The molecule has 3 heterocycles. The zero-order chi connectivity index (χ0) is 48.1. The van der Waals surface area contributed by atoms with E-state index in [-0.39, 0.29) is 5.91 Å². The van der Waals surface area contributed by atoms with Gasteiger partial charge in [0.05, 0.1) is 52.6 Å². The number of carbonyl (C=O) groups is 4. The van der Waals surface area contributed by atoms with Crippen LogP contribution in [0.3, 0.4) is 0 Å². The first-order valence-corrected chi connectivity index (χ1v) is 21.7. The summed E-state index contributed by atoms with van der Waals surface area (Å²) in [6.45, 7) is 26.7. The predicted molar refractivity (Wildman–Crippen MR) is 251 cm³/mol. The number of nitrogens with one attached hydrogen (secondary N) is 3. The van der Waals surface area contributed by atoms with Crippen molar-refractivity contribution in [1.82, 2.24) is 40.4 Å². The lowest BCUT2D eigenvalue weighted by molar-refractivity contribution is -0.152. The van der Waals surface area contributed by atoms with Gasteiger partial charge in [-0.1, -0.05) is 95.2 Å². The highest BCUT2D eigenvalue weighted by Crippen LogP contribution is 2.40. The van der Waals surface area contributed by atoms with Crippen molar-refractivity contribution in [2.75, 3.05) is 28.2 Å². The fourth-order valence-electron chi connectivity index (χ4n) is 7.15. The van der Waals surface area contributed by atoms with Gasteiger partial charge in [-0.2, -0.15) is 0 Å². The fraction of sp³-hybridized carbons (Fsp3) is 0.551. The van der Waals surface area contributed by atoms with E-state index < -0.39 is 63.0 Å². The zero-order valence-electron chi connectivity index (χ0n) is 41.1. The minimum absolute atomic E-state index is 0.389. The summed E-state index contributed by atoms with van der Waals surface area (Å²) >= 11 is 0. The monoisotopic (exact) mass is 880 g/mol. The molecule has 1 aliphatic heterocycles. The van der Waals surface area contributed by atoms with Gasteiger partial charge in [-0.25, -0.2) is 14.6 Å². The van der Waals surface area contributed by atoms with Gasteiger partial charge in [0, 0.05) is 62.3 Å². The summed E-state index contributed by atoms with van der Waals surface area (Å²) in [5, 5.41) is 6.38. The van der Waals surface area contributed by atoms with Crippen molar-refractivity contribution in [3.8, 4) is 22.5 Å². The Bertz CT molecular complexity index is 2450. The Morgan fingerprint density at radius 3 is 1.53 bits per heavy atom. The van der Waals surface area contributed by atoms with Crippen LogP contribution < -0.4 is 10.6 Å². The van der Waals surface area contributed by atoms with Crippen LogP contribution in [0.4, 0.5) is 15.3 Å². The van der Waals surface area contributed by atoms with Crippen LogP contribution in [0, 0.1) is 21.7 Å². The van der Waals surface area contributed by atoms with E-state index in [2.05, 4.69) is 42.5 Å². The zero-order valence-corrected chi connectivity index (χ0v) is 41.1. The molecule has 4 aromatic rings. The number of benzene rings is 2. The minimum atomic E-state index is -1.48. The Morgan fingerprint density at radius 2 is 1.09 bits per heavy atom. The van der Waals surface area contributed by atoms with Crippen LogP contribution >= 0.6 is 0 Å². The number of carbonyl (C=O) groups excluding carboxylic acids is 4. The average molecular weight is 880 g/mol. The molecule has 0 spiro atoms. The number of nitrogens with zero attached hydrogens (tertiary/aromatic N) is 6. The van der Waals surface area contributed by atoms with Crippen LogP contribution in [-0.4, -0.2) is 105 Å². The first-order valence-electron chi connectivity index (χ1n) is 21.7. The number of aliphatic imine (C=N–C) groups is 1. The van der Waals surface area contributed by atoms with Crippen molar-refractivity contribution < 1.29 is 28.7 Å². The Morgan fingerprint density at radius 1 is 0.641 bits per heavy atom. The molecule has 4 atom stereocenters. The fourth-order valence-corrected chi connectivity index (χ4v) is 7.15. The lowest BCUT2D eigenvalue weighted by atomic mass is 9.75. The summed E-state index contributed by atoms with van der Waals surface area (Å²) < 4.78 is 11.7. The number of hydrogen-bond acceptors (Lipinski definition) is 10. The van der Waals surface area contributed by atoms with Crippen molar-refractivity contribution in [3.05, 3.63) is 60.2 Å². The van der Waals surface area contributed by atoms with E-state index in [9.17, 15) is 19.2 Å². The van der Waals surface area contributed by atoms with Gasteiger partial charge in [0.1, 0.15) is 5.82 Å². The second-order valence-corrected chi connectivity index (χ2v) is 21.9. The molecule has 15 heteroatoms. The molecule has 64 heavy (non-hydrogen) atoms. The highest BCUT2D eigenvalue weighted by atomic mass is 16.6. The standard InChI is InChI=1S/C49H69N9O6/c1-44(2,3)37(55-40(59)48(13,46(7,8)9)63-42(61)57(15)16)34-25-30-23-28(19-21-31(30)52-34)35-26-51-36(27-50-35)29-20-22-32-33(24-29)54-39(53-32)38(45(4,5)6)56-41(60)49(14,47(10,11)12)64-43(62)58(17)18/h19-24,26-27,37-38H,25H2,1-18H3,(H,53,54)(H,55,59)(H,56,60)/t37-,38-,48+,49+/m1/s1. The molecule has 15 nitrogen and oxygen atoms in total. The first kappa shape index (κ1) is 49.2. The molecule has 2 aromatic heterocycles. The van der Waals surface area contributed by atoms with Gasteiger partial charge in [-0.05, 0) is 54.5 Å². The van der Waals surface area contributed by atoms with Gasteiger partial charge in [-0.15, -0.1) is 0 Å². The van der Waals surface area contributed by atoms with Gasteiger partial charge in [-0.3, -0.25) is 24.5 Å². The molecule has 3 N–H and O–H groups in total. The van der Waals surface area contributed by atoms with Crippen LogP contribution in [0.5, 0.6) is 0 Å². The van der Waals surface area contributed by atoms with Gasteiger partial charge in [0.2, 0.25) is 0 Å². The molecule has 5 rings (SSSR count). The molecule has 0 unspecified atom stereocenters. The first-order chi connectivity index (χ1) is 29.3. The van der Waals surface area contributed by atoms with Crippen LogP contribution in [0.1, 0.15) is 114 Å². The number of ether oxygens (including phenoxy) is 2. The smallest absolute Gasteiger partial charge is 0.410 e. The molecule has 0 saturated carbocycles. The van der Waals surface area contributed by atoms with Gasteiger partial charge >= 0.3 is 12.2 Å². The third-order valence-electron chi connectivity index (χ3n) is 12.4. The van der Waals surface area contributed by atoms with E-state index >= 15 is 0 Å². The Hall–Kier alpha value is -5.86. The van der Waals surface area contributed by atoms with Crippen LogP contribution in [-0.2, 0) is 25.5 Å². The average Bonchev–Trinajstić information content (AvgIpc) is 3.80. The van der Waals surface area contributed by atoms with E-state index in [1.54, 1.807) is 54.4 Å². The summed E-state index contributed by atoms with van der Waals surface area (Å²) in [4.78, 5) is 79.1. The topological polar surface area (TPSA) is 184 Å². The minimum Gasteiger partial charge on any atom is -0.432 e. The van der Waals surface area contributed by atoms with E-state index in [0.29, 0.717) is 29.1 Å². The maximum absolute atomic E-state index is 14.1. The maximum atomic E-state index is 14.1. The van der Waals surface area contributed by atoms with Crippen LogP contribution in [0.2, 0.25) is 0 Å². The Balaban J connectivity index is 1.35. The van der Waals surface area contributed by atoms with Crippen molar-refractivity contribution in [2.45, 2.75) is 127 Å². The number of H-pyrrole nitrogens is 1. The summed E-state index contributed by atoms with van der Waals surface area (Å²) in [5.41, 5.74) is 1.95. The molecule has 0 aliphatic carbocycles. The highest BCUT2D eigenvalue weighted by molar-refractivity contribution is 6.02. The SMILES string of the molecule is CN(C)C(=O)O[C@@](C)(C(=O)N[C@H](C1=Nc2ccc(-c3cnc(-c4ccc5nc([C@@H](NC(=O)[C@](C)(OC(=O)N(C)C)C(C)(C)C)C(C)(C)C)[nH]c5c4)cn3)cc2C1)C(C)(C)C)C(C)(C)C. The van der Waals surface area contributed by atoms with Crippen LogP contribution in [0.25, 0.3) is 33.5 Å². The van der Waals surface area contributed by atoms with Crippen molar-refractivity contribution in [1.29, 1.82) is 0 Å². The number of imidazole rings is 1. The molecule has 1 aliphatic rings. The molecule has 4 amide bonds. The molecule has 0 bridgehead atoms. The lowest BCUT2D eigenvalue weighted by Crippen LogP contribution is -2.61. The molecular formula is C49H69N9O6. The molecule has 2 aromatic carbocycles. The maximum Gasteiger partial charge on any atom is 0.410 e. The number of aromatic amines is 1. The van der Waals surface area contributed by atoms with Crippen molar-refractivity contribution in [2.24, 2.45) is 26.7 Å². The summed E-state index contributed by atoms with van der Waals surface area (Å²) in [7, 11) is 6.34. The normalized spacial score (nSPS) is 16.1. The van der Waals surface area contributed by atoms with Crippen molar-refractivity contribution >= 4 is 46.4 Å². The number of fused-ring (bicyclic) bond motifs is 2. The molecule has 0 saturated heterocycles. The third kappa shape index (κ3) is 10.1. The van der Waals surface area contributed by atoms with Gasteiger partial charge in [0.25, 0.3) is 11.8 Å². The van der Waals surface area contributed by atoms with E-state index in [1.165, 1.54) is 9.80 Å². The van der Waals surface area contributed by atoms with E-state index in [4.69, 9.17) is 29.4 Å². The van der Waals surface area contributed by atoms with E-state index in [0.717, 1.165) is 33.6 Å². The summed E-state index contributed by atoms with van der Waals surface area (Å²) in [6, 6.07) is 10.8. The third-order valence-corrected chi connectivity index (χ3v) is 12.4. The summed E-state index contributed by atoms with van der Waals surface area (Å²) in [5.74, 6) is -0.246. The second-order valence-electron chi connectivity index (χ2n) is 21.9. The lowest BCUT2D eigenvalue weighted by Gasteiger charge is -2.42. The van der Waals surface area contributed by atoms with Gasteiger partial charge < -0.3 is 34.9 Å². The summed E-state index contributed by atoms with van der Waals surface area (Å²) in [6.07, 6.45) is 2.81. The number of aromatic nitrogens is 4. The Kier molecular flexibility index (Phi) is 13.3. The van der Waals surface area contributed by atoms with Crippen LogP contribution in [0.15, 0.2) is 53.8 Å². The van der Waals surface area contributed by atoms with Crippen molar-refractivity contribution in [3.63, 3.8) is 0 Å². The largest absolute Gasteiger partial charge is 0.432 e.